The SMILES string of the molecule is C=CCc1ccc(OCCCn2c(C(C)NC(=O)CC)nc3ccccc32)c(OC)c1. The molecule has 0 aliphatic rings. The summed E-state index contributed by atoms with van der Waals surface area (Å²) in [5, 5.41) is 3.02. The molecule has 6 nitrogen and oxygen atoms in total. The average molecular weight is 422 g/mol. The Hall–Kier alpha value is -3.28. The molecule has 0 bridgehead atoms. The lowest BCUT2D eigenvalue weighted by Crippen LogP contribution is -2.28. The lowest BCUT2D eigenvalue weighted by Gasteiger charge is -2.16. The molecule has 0 radical (unpaired) electrons. The Bertz CT molecular complexity index is 1040. The lowest BCUT2D eigenvalue weighted by atomic mass is 10.1. The summed E-state index contributed by atoms with van der Waals surface area (Å²) in [4.78, 5) is 16.6. The van der Waals surface area contributed by atoms with E-state index in [0.29, 0.717) is 13.0 Å². The van der Waals surface area contributed by atoms with Crippen LogP contribution in [0.1, 0.15) is 44.1 Å². The Kier molecular flexibility index (Phi) is 7.70. The monoisotopic (exact) mass is 421 g/mol. The van der Waals surface area contributed by atoms with Gasteiger partial charge in [0.05, 0.1) is 30.8 Å². The van der Waals surface area contributed by atoms with E-state index >= 15 is 0 Å². The van der Waals surface area contributed by atoms with Gasteiger partial charge in [0.2, 0.25) is 5.91 Å². The maximum atomic E-state index is 11.9. The molecule has 31 heavy (non-hydrogen) atoms. The Morgan fingerprint density at radius 1 is 1.26 bits per heavy atom. The third-order valence-electron chi connectivity index (χ3n) is 5.16. The molecule has 1 atom stereocenters. The number of nitrogens with one attached hydrogen (secondary N) is 1. The Morgan fingerprint density at radius 2 is 2.06 bits per heavy atom. The molecule has 1 aromatic heterocycles. The summed E-state index contributed by atoms with van der Waals surface area (Å²) in [6.45, 7) is 8.87. The first kappa shape index (κ1) is 22.4. The van der Waals surface area contributed by atoms with Crippen molar-refractivity contribution in [3.63, 3.8) is 0 Å². The molecular weight excluding hydrogens is 390 g/mol. The molecule has 0 saturated carbocycles. The van der Waals surface area contributed by atoms with Gasteiger partial charge in [0.1, 0.15) is 5.82 Å². The summed E-state index contributed by atoms with van der Waals surface area (Å²) in [6.07, 6.45) is 3.90. The molecule has 2 aromatic carbocycles. The van der Waals surface area contributed by atoms with E-state index in [1.54, 1.807) is 7.11 Å². The predicted octanol–water partition coefficient (Wildman–Crippen LogP) is 4.83. The fourth-order valence-corrected chi connectivity index (χ4v) is 3.60. The van der Waals surface area contributed by atoms with Crippen LogP contribution in [0.4, 0.5) is 0 Å². The maximum Gasteiger partial charge on any atom is 0.220 e. The molecule has 0 spiro atoms. The fraction of sp³-hybridized carbons (Fsp3) is 0.360. The number of amides is 1. The zero-order chi connectivity index (χ0) is 22.2. The molecule has 1 N–H and O–H groups in total. The van der Waals surface area contributed by atoms with Crippen molar-refractivity contribution < 1.29 is 14.3 Å². The number of hydrogen-bond donors (Lipinski definition) is 1. The van der Waals surface area contributed by atoms with Gasteiger partial charge in [-0.3, -0.25) is 4.79 Å². The van der Waals surface area contributed by atoms with Crippen LogP contribution >= 0.6 is 0 Å². The van der Waals surface area contributed by atoms with Crippen molar-refractivity contribution in [2.24, 2.45) is 0 Å². The van der Waals surface area contributed by atoms with Crippen molar-refractivity contribution in [3.8, 4) is 11.5 Å². The molecule has 1 heterocycles. The van der Waals surface area contributed by atoms with E-state index in [-0.39, 0.29) is 11.9 Å². The highest BCUT2D eigenvalue weighted by Crippen LogP contribution is 2.29. The number of benzene rings is 2. The number of allylic oxidation sites excluding steroid dienone is 1. The molecule has 0 fully saturated rings. The molecule has 1 unspecified atom stereocenters. The predicted molar refractivity (Wildman–Crippen MR) is 124 cm³/mol. The largest absolute Gasteiger partial charge is 0.493 e. The number of carbonyl (C=O) groups excluding carboxylic acids is 1. The number of imidazole rings is 1. The molecule has 0 saturated heterocycles. The second-order valence-corrected chi connectivity index (χ2v) is 7.43. The number of para-hydroxylation sites is 2. The average Bonchev–Trinajstić information content (AvgIpc) is 3.16. The molecule has 1 amide bonds. The number of aromatic nitrogens is 2. The van der Waals surface area contributed by atoms with Crippen molar-refractivity contribution in [1.29, 1.82) is 0 Å². The second-order valence-electron chi connectivity index (χ2n) is 7.43. The van der Waals surface area contributed by atoms with Gasteiger partial charge in [0, 0.05) is 13.0 Å². The molecule has 6 heteroatoms. The van der Waals surface area contributed by atoms with Crippen molar-refractivity contribution >= 4 is 16.9 Å². The highest BCUT2D eigenvalue weighted by atomic mass is 16.5. The van der Waals surface area contributed by atoms with Gasteiger partial charge in [0.15, 0.2) is 11.5 Å². The van der Waals surface area contributed by atoms with Crippen molar-refractivity contribution in [1.82, 2.24) is 14.9 Å². The summed E-state index contributed by atoms with van der Waals surface area (Å²) >= 11 is 0. The van der Waals surface area contributed by atoms with E-state index in [2.05, 4.69) is 22.5 Å². The van der Waals surface area contributed by atoms with Crippen LogP contribution < -0.4 is 14.8 Å². The number of rotatable bonds is 11. The van der Waals surface area contributed by atoms with Crippen LogP contribution in [0.5, 0.6) is 11.5 Å². The van der Waals surface area contributed by atoms with Crippen LogP contribution in [0, 0.1) is 0 Å². The first-order chi connectivity index (χ1) is 15.1. The normalized spacial score (nSPS) is 11.8. The minimum Gasteiger partial charge on any atom is -0.493 e. The number of carbonyl (C=O) groups is 1. The third-order valence-corrected chi connectivity index (χ3v) is 5.16. The summed E-state index contributed by atoms with van der Waals surface area (Å²) in [7, 11) is 1.65. The quantitative estimate of drug-likeness (QED) is 0.356. The van der Waals surface area contributed by atoms with E-state index in [0.717, 1.165) is 53.3 Å². The summed E-state index contributed by atoms with van der Waals surface area (Å²) < 4.78 is 13.6. The van der Waals surface area contributed by atoms with Gasteiger partial charge in [-0.1, -0.05) is 31.2 Å². The number of nitrogens with zero attached hydrogens (tertiary/aromatic N) is 2. The highest BCUT2D eigenvalue weighted by Gasteiger charge is 2.17. The standard InChI is InChI=1S/C25H31N3O3/c1-5-10-19-13-14-22(23(17-19)30-4)31-16-9-15-28-21-12-8-7-11-20(21)27-25(28)18(3)26-24(29)6-2/h5,7-8,11-14,17-18H,1,6,9-10,15-16H2,2-4H3,(H,26,29). The maximum absolute atomic E-state index is 11.9. The minimum absolute atomic E-state index is 0.0152. The number of methoxy groups -OCH3 is 1. The minimum atomic E-state index is -0.168. The Morgan fingerprint density at radius 3 is 2.81 bits per heavy atom. The van der Waals surface area contributed by atoms with Gasteiger partial charge in [0.25, 0.3) is 0 Å². The molecule has 0 aliphatic heterocycles. The Balaban J connectivity index is 1.70. The zero-order valence-electron chi connectivity index (χ0n) is 18.6. The third kappa shape index (κ3) is 5.45. The first-order valence-electron chi connectivity index (χ1n) is 10.7. The van der Waals surface area contributed by atoms with Crippen LogP contribution in [0.15, 0.2) is 55.1 Å². The summed E-state index contributed by atoms with van der Waals surface area (Å²) in [6, 6.07) is 13.8. The van der Waals surface area contributed by atoms with Crippen LogP contribution in [-0.2, 0) is 17.8 Å². The molecule has 3 aromatic rings. The molecule has 0 aliphatic carbocycles. The number of ether oxygens (including phenoxy) is 2. The van der Waals surface area contributed by atoms with Gasteiger partial charge < -0.3 is 19.4 Å². The van der Waals surface area contributed by atoms with Crippen LogP contribution in [0.2, 0.25) is 0 Å². The smallest absolute Gasteiger partial charge is 0.220 e. The van der Waals surface area contributed by atoms with E-state index in [1.807, 2.05) is 56.3 Å². The van der Waals surface area contributed by atoms with Crippen LogP contribution in [-0.4, -0.2) is 29.2 Å². The topological polar surface area (TPSA) is 65.4 Å². The number of fused-ring (bicyclic) bond motifs is 1. The Labute approximate surface area is 183 Å². The van der Waals surface area contributed by atoms with Gasteiger partial charge in [-0.2, -0.15) is 0 Å². The van der Waals surface area contributed by atoms with Gasteiger partial charge >= 0.3 is 0 Å². The van der Waals surface area contributed by atoms with Crippen LogP contribution in [0.25, 0.3) is 11.0 Å². The highest BCUT2D eigenvalue weighted by molar-refractivity contribution is 5.77. The zero-order valence-corrected chi connectivity index (χ0v) is 18.6. The van der Waals surface area contributed by atoms with Crippen molar-refractivity contribution in [2.45, 2.75) is 45.7 Å². The fourth-order valence-electron chi connectivity index (χ4n) is 3.60. The van der Waals surface area contributed by atoms with E-state index in [1.165, 1.54) is 0 Å². The first-order valence-corrected chi connectivity index (χ1v) is 10.7. The molecular formula is C25H31N3O3. The van der Waals surface area contributed by atoms with E-state index in [9.17, 15) is 4.79 Å². The van der Waals surface area contributed by atoms with Gasteiger partial charge in [-0.15, -0.1) is 6.58 Å². The van der Waals surface area contributed by atoms with E-state index < -0.39 is 0 Å². The van der Waals surface area contributed by atoms with Crippen LogP contribution in [0.3, 0.4) is 0 Å². The molecule has 164 valence electrons. The van der Waals surface area contributed by atoms with Crippen molar-refractivity contribution in [3.05, 3.63) is 66.5 Å². The summed E-state index contributed by atoms with van der Waals surface area (Å²) in [5.41, 5.74) is 3.12. The van der Waals surface area contributed by atoms with Crippen molar-refractivity contribution in [2.75, 3.05) is 13.7 Å². The number of aryl methyl sites for hydroxylation is 1. The summed E-state index contributed by atoms with van der Waals surface area (Å²) in [5.74, 6) is 2.33. The second kappa shape index (κ2) is 10.7. The molecule has 3 rings (SSSR count). The van der Waals surface area contributed by atoms with Gasteiger partial charge in [-0.05, 0) is 49.6 Å². The number of hydrogen-bond acceptors (Lipinski definition) is 4. The lowest BCUT2D eigenvalue weighted by molar-refractivity contribution is -0.121. The van der Waals surface area contributed by atoms with E-state index in [4.69, 9.17) is 14.5 Å². The van der Waals surface area contributed by atoms with Gasteiger partial charge in [-0.25, -0.2) is 4.98 Å².